The van der Waals surface area contributed by atoms with Gasteiger partial charge in [-0.05, 0) is 89.9 Å². The molecule has 1 saturated carbocycles. The SMILES string of the molecule is CC/C=C\C/C=C\C/C=C\C/C=C\C/C=C\C/C=C\CCCCC(=O)OC(COCCCCCCCC/C=C\CCCCCCC)COP(=O)(O)OC1C(O)C(O)C(O)C(O)C1O. The molecular formula is C50H85O12P. The molecule has 0 spiro atoms. The lowest BCUT2D eigenvalue weighted by atomic mass is 9.85. The molecule has 1 rings (SSSR count). The van der Waals surface area contributed by atoms with Crippen molar-refractivity contribution in [2.75, 3.05) is 19.8 Å². The van der Waals surface area contributed by atoms with Gasteiger partial charge in [0.1, 0.15) is 42.7 Å². The van der Waals surface area contributed by atoms with Crippen LogP contribution in [0.25, 0.3) is 0 Å². The van der Waals surface area contributed by atoms with Crippen LogP contribution in [0.5, 0.6) is 0 Å². The first-order chi connectivity index (χ1) is 30.5. The summed E-state index contributed by atoms with van der Waals surface area (Å²) in [6.45, 7) is 4.06. The number of aliphatic hydroxyl groups excluding tert-OH is 5. The van der Waals surface area contributed by atoms with E-state index in [2.05, 4.69) is 98.9 Å². The van der Waals surface area contributed by atoms with Gasteiger partial charge in [-0.25, -0.2) is 4.57 Å². The molecule has 0 aromatic carbocycles. The molecule has 0 heterocycles. The highest BCUT2D eigenvalue weighted by molar-refractivity contribution is 7.47. The summed E-state index contributed by atoms with van der Waals surface area (Å²) in [6, 6.07) is 0. The van der Waals surface area contributed by atoms with Gasteiger partial charge in [0.15, 0.2) is 0 Å². The minimum absolute atomic E-state index is 0.104. The predicted octanol–water partition coefficient (Wildman–Crippen LogP) is 10.1. The number of hydrogen-bond acceptors (Lipinski definition) is 11. The van der Waals surface area contributed by atoms with Gasteiger partial charge in [0.2, 0.25) is 0 Å². The maximum Gasteiger partial charge on any atom is 0.472 e. The van der Waals surface area contributed by atoms with E-state index in [-0.39, 0.29) is 13.0 Å². The fraction of sp³-hybridized carbons (Fsp3) is 0.700. The van der Waals surface area contributed by atoms with Crippen LogP contribution in [0, 0.1) is 0 Å². The molecule has 12 nitrogen and oxygen atoms in total. The third-order valence-corrected chi connectivity index (χ3v) is 11.5. The molecule has 6 N–H and O–H groups in total. The van der Waals surface area contributed by atoms with Crippen LogP contribution >= 0.6 is 7.82 Å². The lowest BCUT2D eigenvalue weighted by molar-refractivity contribution is -0.220. The average Bonchev–Trinajstić information content (AvgIpc) is 3.27. The quantitative estimate of drug-likeness (QED) is 0.0148. The van der Waals surface area contributed by atoms with E-state index in [1.54, 1.807) is 0 Å². The molecule has 362 valence electrons. The van der Waals surface area contributed by atoms with Gasteiger partial charge in [0, 0.05) is 13.0 Å². The molecule has 0 bridgehead atoms. The Morgan fingerprint density at radius 2 is 0.937 bits per heavy atom. The second kappa shape index (κ2) is 39.8. The third-order valence-electron chi connectivity index (χ3n) is 10.5. The van der Waals surface area contributed by atoms with Crippen LogP contribution in [0.4, 0.5) is 0 Å². The van der Waals surface area contributed by atoms with Crippen LogP contribution in [-0.4, -0.2) is 98.9 Å². The Morgan fingerprint density at radius 3 is 1.44 bits per heavy atom. The van der Waals surface area contributed by atoms with Crippen molar-refractivity contribution in [1.82, 2.24) is 0 Å². The number of carbonyl (C=O) groups is 1. The van der Waals surface area contributed by atoms with E-state index in [1.165, 1.54) is 51.4 Å². The maximum atomic E-state index is 12.8. The molecule has 0 aromatic heterocycles. The van der Waals surface area contributed by atoms with E-state index in [0.29, 0.717) is 13.0 Å². The van der Waals surface area contributed by atoms with Crippen molar-refractivity contribution < 1.29 is 58.3 Å². The molecule has 1 aliphatic carbocycles. The first-order valence-electron chi connectivity index (χ1n) is 23.9. The van der Waals surface area contributed by atoms with Crippen molar-refractivity contribution in [2.45, 2.75) is 204 Å². The minimum Gasteiger partial charge on any atom is -0.457 e. The first kappa shape index (κ1) is 58.5. The molecule has 63 heavy (non-hydrogen) atoms. The van der Waals surface area contributed by atoms with Crippen molar-refractivity contribution in [3.63, 3.8) is 0 Å². The Labute approximate surface area is 380 Å². The number of rotatable bonds is 39. The number of aliphatic hydroxyl groups is 5. The summed E-state index contributed by atoms with van der Waals surface area (Å²) in [7, 11) is -5.04. The van der Waals surface area contributed by atoms with Crippen molar-refractivity contribution in [1.29, 1.82) is 0 Å². The number of hydrogen-bond donors (Lipinski definition) is 6. The lowest BCUT2D eigenvalue weighted by Gasteiger charge is -2.41. The van der Waals surface area contributed by atoms with Crippen LogP contribution in [0.3, 0.4) is 0 Å². The highest BCUT2D eigenvalue weighted by atomic mass is 31.2. The number of unbranched alkanes of at least 4 members (excludes halogenated alkanes) is 13. The Morgan fingerprint density at radius 1 is 0.524 bits per heavy atom. The van der Waals surface area contributed by atoms with Crippen LogP contribution in [-0.2, 0) is 27.9 Å². The predicted molar refractivity (Wildman–Crippen MR) is 253 cm³/mol. The van der Waals surface area contributed by atoms with Gasteiger partial charge in [-0.1, -0.05) is 150 Å². The summed E-state index contributed by atoms with van der Waals surface area (Å²) in [6.07, 6.45) is 40.8. The summed E-state index contributed by atoms with van der Waals surface area (Å²) < 4.78 is 34.2. The van der Waals surface area contributed by atoms with E-state index >= 15 is 0 Å². The van der Waals surface area contributed by atoms with Crippen molar-refractivity contribution >= 4 is 13.8 Å². The lowest BCUT2D eigenvalue weighted by Crippen LogP contribution is -2.64. The molecule has 0 radical (unpaired) electrons. The zero-order valence-corrected chi connectivity index (χ0v) is 39.5. The second-order valence-corrected chi connectivity index (χ2v) is 17.6. The Bertz CT molecular complexity index is 1360. The molecule has 0 amide bonds. The zero-order valence-electron chi connectivity index (χ0n) is 38.6. The molecule has 1 aliphatic rings. The number of carbonyl (C=O) groups excluding carboxylic acids is 1. The highest BCUT2D eigenvalue weighted by Gasteiger charge is 2.51. The van der Waals surface area contributed by atoms with Gasteiger partial charge in [0.25, 0.3) is 0 Å². The summed E-state index contributed by atoms with van der Waals surface area (Å²) >= 11 is 0. The van der Waals surface area contributed by atoms with Crippen LogP contribution < -0.4 is 0 Å². The summed E-state index contributed by atoms with van der Waals surface area (Å²) in [4.78, 5) is 23.2. The van der Waals surface area contributed by atoms with Gasteiger partial charge in [-0.3, -0.25) is 13.8 Å². The average molecular weight is 909 g/mol. The van der Waals surface area contributed by atoms with E-state index in [0.717, 1.165) is 83.5 Å². The maximum absolute atomic E-state index is 12.8. The molecule has 0 saturated heterocycles. The first-order valence-corrected chi connectivity index (χ1v) is 25.4. The van der Waals surface area contributed by atoms with Gasteiger partial charge < -0.3 is 39.9 Å². The van der Waals surface area contributed by atoms with E-state index in [1.807, 2.05) is 0 Å². The van der Waals surface area contributed by atoms with Crippen LogP contribution in [0.15, 0.2) is 85.1 Å². The van der Waals surface area contributed by atoms with Crippen molar-refractivity contribution in [3.05, 3.63) is 85.1 Å². The number of ether oxygens (including phenoxy) is 2. The number of phosphoric ester groups is 1. The van der Waals surface area contributed by atoms with Crippen molar-refractivity contribution in [3.8, 4) is 0 Å². The Hall–Kier alpha value is -2.48. The fourth-order valence-electron chi connectivity index (χ4n) is 6.70. The zero-order chi connectivity index (χ0) is 46.2. The number of phosphoric acid groups is 1. The van der Waals surface area contributed by atoms with Crippen molar-refractivity contribution in [2.24, 2.45) is 0 Å². The number of allylic oxidation sites excluding steroid dienone is 14. The molecule has 0 aliphatic heterocycles. The normalized spacial score (nSPS) is 22.6. The van der Waals surface area contributed by atoms with Gasteiger partial charge in [-0.2, -0.15) is 0 Å². The van der Waals surface area contributed by atoms with Crippen LogP contribution in [0.1, 0.15) is 162 Å². The van der Waals surface area contributed by atoms with Gasteiger partial charge in [-0.15, -0.1) is 0 Å². The third kappa shape index (κ3) is 31.9. The summed E-state index contributed by atoms with van der Waals surface area (Å²) in [5, 5.41) is 50.2. The fourth-order valence-corrected chi connectivity index (χ4v) is 7.68. The second-order valence-electron chi connectivity index (χ2n) is 16.2. The topological polar surface area (TPSA) is 192 Å². The Balaban J connectivity index is 2.43. The summed E-state index contributed by atoms with van der Waals surface area (Å²) in [5.41, 5.74) is 0. The van der Waals surface area contributed by atoms with Gasteiger partial charge >= 0.3 is 13.8 Å². The molecule has 13 heteroatoms. The van der Waals surface area contributed by atoms with E-state index in [9.17, 15) is 39.8 Å². The van der Waals surface area contributed by atoms with E-state index < -0.39 is 63.1 Å². The molecule has 6 unspecified atom stereocenters. The molecule has 0 aromatic rings. The molecular weight excluding hydrogens is 824 g/mol. The Kier molecular flexibility index (Phi) is 37.0. The standard InChI is InChI=1S/C50H85O12P/c1-3-5-7-9-11-13-15-17-19-20-21-22-23-24-25-27-29-31-33-35-37-39-44(51)61-43(42-60-63(57,58)62-50-48(55)46(53)45(52)47(54)49(50)56)41-59-40-38-36-34-32-30-28-26-18-16-14-12-10-8-6-4-2/h5,7,11,13,16-19,21-22,24-25,29,31,43,45-50,52-56H,3-4,6,8-10,12,14-15,20,23,26-28,30,32-42H2,1-2H3,(H,57,58)/b7-5-,13-11-,18-16-,19-17-,22-21-,25-24-,31-29-. The smallest absolute Gasteiger partial charge is 0.457 e. The monoisotopic (exact) mass is 909 g/mol. The van der Waals surface area contributed by atoms with Crippen LogP contribution in [0.2, 0.25) is 0 Å². The van der Waals surface area contributed by atoms with Gasteiger partial charge in [0.05, 0.1) is 13.2 Å². The summed E-state index contributed by atoms with van der Waals surface area (Å²) in [5.74, 6) is -0.524. The van der Waals surface area contributed by atoms with E-state index in [4.69, 9.17) is 18.5 Å². The highest BCUT2D eigenvalue weighted by Crippen LogP contribution is 2.47. The largest absolute Gasteiger partial charge is 0.472 e. The molecule has 1 fully saturated rings. The number of esters is 1. The molecule has 6 atom stereocenters. The minimum atomic E-state index is -5.04.